The molecular formula is C12H12ClN5O3. The molecule has 1 aromatic heterocycles. The van der Waals surface area contributed by atoms with E-state index < -0.39 is 0 Å². The van der Waals surface area contributed by atoms with Gasteiger partial charge in [0.1, 0.15) is 12.9 Å². The van der Waals surface area contributed by atoms with Crippen molar-refractivity contribution in [1.29, 1.82) is 0 Å². The minimum atomic E-state index is -0.293. The van der Waals surface area contributed by atoms with Gasteiger partial charge in [0.05, 0.1) is 23.9 Å². The number of carbonyl (C=O) groups excluding carboxylic acids is 1. The van der Waals surface area contributed by atoms with E-state index in [1.54, 1.807) is 12.1 Å². The molecule has 0 saturated heterocycles. The highest BCUT2D eigenvalue weighted by Crippen LogP contribution is 2.37. The Morgan fingerprint density at radius 2 is 2.10 bits per heavy atom. The molecule has 0 fully saturated rings. The van der Waals surface area contributed by atoms with Crippen LogP contribution in [-0.2, 0) is 11.3 Å². The van der Waals surface area contributed by atoms with Gasteiger partial charge in [0.25, 0.3) is 0 Å². The van der Waals surface area contributed by atoms with E-state index in [0.29, 0.717) is 35.4 Å². The number of nitrogens with zero attached hydrogens (tertiary/aromatic N) is 4. The van der Waals surface area contributed by atoms with E-state index in [-0.39, 0.29) is 12.5 Å². The maximum Gasteiger partial charge on any atom is 0.246 e. The van der Waals surface area contributed by atoms with Crippen LogP contribution in [0.1, 0.15) is 6.42 Å². The van der Waals surface area contributed by atoms with Crippen molar-refractivity contribution < 1.29 is 14.3 Å². The van der Waals surface area contributed by atoms with Gasteiger partial charge in [-0.25, -0.2) is 4.68 Å². The third kappa shape index (κ3) is 3.22. The Kier molecular flexibility index (Phi) is 3.87. The summed E-state index contributed by atoms with van der Waals surface area (Å²) in [6.45, 7) is 1.14. The van der Waals surface area contributed by atoms with Crippen molar-refractivity contribution in [2.45, 2.75) is 13.0 Å². The third-order valence-electron chi connectivity index (χ3n) is 2.81. The van der Waals surface area contributed by atoms with Crippen molar-refractivity contribution in [3.05, 3.63) is 23.5 Å². The molecule has 8 nitrogen and oxygen atoms in total. The SMILES string of the molecule is O=C(Cn1cnnn1)Nc1cc2c(cc1Cl)OCCCO2. The van der Waals surface area contributed by atoms with Crippen LogP contribution < -0.4 is 14.8 Å². The van der Waals surface area contributed by atoms with Crippen LogP contribution in [0.25, 0.3) is 0 Å². The lowest BCUT2D eigenvalue weighted by atomic mass is 10.2. The van der Waals surface area contributed by atoms with Crippen molar-refractivity contribution in [3.8, 4) is 11.5 Å². The number of benzene rings is 1. The molecule has 21 heavy (non-hydrogen) atoms. The van der Waals surface area contributed by atoms with E-state index >= 15 is 0 Å². The Bertz CT molecular complexity index is 647. The number of hydrogen-bond acceptors (Lipinski definition) is 6. The number of amides is 1. The summed E-state index contributed by atoms with van der Waals surface area (Å²) in [4.78, 5) is 11.9. The predicted molar refractivity (Wildman–Crippen MR) is 73.5 cm³/mol. The summed E-state index contributed by atoms with van der Waals surface area (Å²) >= 11 is 6.14. The lowest BCUT2D eigenvalue weighted by Crippen LogP contribution is -2.19. The van der Waals surface area contributed by atoms with Crippen molar-refractivity contribution in [1.82, 2.24) is 20.2 Å². The molecule has 1 aliphatic heterocycles. The first-order valence-electron chi connectivity index (χ1n) is 6.32. The largest absolute Gasteiger partial charge is 0.490 e. The second kappa shape index (κ2) is 5.96. The number of fused-ring (bicyclic) bond motifs is 1. The molecular weight excluding hydrogens is 298 g/mol. The van der Waals surface area contributed by atoms with Crippen molar-refractivity contribution in [2.24, 2.45) is 0 Å². The summed E-state index contributed by atoms with van der Waals surface area (Å²) < 4.78 is 12.4. The molecule has 0 bridgehead atoms. The van der Waals surface area contributed by atoms with Gasteiger partial charge < -0.3 is 14.8 Å². The number of ether oxygens (including phenoxy) is 2. The molecule has 2 heterocycles. The number of hydrogen-bond donors (Lipinski definition) is 1. The highest BCUT2D eigenvalue weighted by molar-refractivity contribution is 6.34. The fourth-order valence-electron chi connectivity index (χ4n) is 1.87. The predicted octanol–water partition coefficient (Wildman–Crippen LogP) is 1.13. The molecule has 0 spiro atoms. The molecule has 1 N–H and O–H groups in total. The third-order valence-corrected chi connectivity index (χ3v) is 3.12. The first-order chi connectivity index (χ1) is 10.2. The number of tetrazole rings is 1. The highest BCUT2D eigenvalue weighted by atomic mass is 35.5. The summed E-state index contributed by atoms with van der Waals surface area (Å²) in [7, 11) is 0. The molecule has 0 unspecified atom stereocenters. The maximum atomic E-state index is 11.9. The van der Waals surface area contributed by atoms with E-state index in [2.05, 4.69) is 20.8 Å². The molecule has 3 rings (SSSR count). The van der Waals surface area contributed by atoms with Gasteiger partial charge in [0, 0.05) is 18.6 Å². The molecule has 0 radical (unpaired) electrons. The van der Waals surface area contributed by atoms with Crippen LogP contribution in [0.4, 0.5) is 5.69 Å². The molecule has 1 aromatic carbocycles. The normalized spacial score (nSPS) is 13.6. The second-order valence-electron chi connectivity index (χ2n) is 4.38. The molecule has 110 valence electrons. The Balaban J connectivity index is 1.75. The van der Waals surface area contributed by atoms with E-state index in [1.807, 2.05) is 0 Å². The molecule has 0 atom stereocenters. The van der Waals surface area contributed by atoms with Gasteiger partial charge in [0.2, 0.25) is 5.91 Å². The minimum absolute atomic E-state index is 0.00221. The van der Waals surface area contributed by atoms with Crippen LogP contribution >= 0.6 is 11.6 Å². The second-order valence-corrected chi connectivity index (χ2v) is 4.79. The summed E-state index contributed by atoms with van der Waals surface area (Å²) in [6.07, 6.45) is 2.16. The number of carbonyl (C=O) groups is 1. The Morgan fingerprint density at radius 3 is 2.81 bits per heavy atom. The van der Waals surface area contributed by atoms with Crippen molar-refractivity contribution >= 4 is 23.2 Å². The number of aromatic nitrogens is 4. The average molecular weight is 310 g/mol. The lowest BCUT2D eigenvalue weighted by molar-refractivity contribution is -0.116. The van der Waals surface area contributed by atoms with E-state index in [0.717, 1.165) is 6.42 Å². The fraction of sp³-hybridized carbons (Fsp3) is 0.333. The molecule has 9 heteroatoms. The van der Waals surface area contributed by atoms with Crippen LogP contribution in [0.3, 0.4) is 0 Å². The van der Waals surface area contributed by atoms with Gasteiger partial charge in [-0.05, 0) is 10.4 Å². The first kappa shape index (κ1) is 13.6. The summed E-state index contributed by atoms with van der Waals surface area (Å²) in [5.74, 6) is 0.851. The van der Waals surface area contributed by atoms with E-state index in [4.69, 9.17) is 21.1 Å². The van der Waals surface area contributed by atoms with Gasteiger partial charge >= 0.3 is 0 Å². The van der Waals surface area contributed by atoms with Crippen molar-refractivity contribution in [2.75, 3.05) is 18.5 Å². The molecule has 2 aromatic rings. The van der Waals surface area contributed by atoms with Gasteiger partial charge in [0.15, 0.2) is 11.5 Å². The smallest absolute Gasteiger partial charge is 0.246 e. The average Bonchev–Trinajstić information content (AvgIpc) is 2.85. The molecule has 0 saturated carbocycles. The Morgan fingerprint density at radius 1 is 1.33 bits per heavy atom. The van der Waals surface area contributed by atoms with Crippen molar-refractivity contribution in [3.63, 3.8) is 0 Å². The number of rotatable bonds is 3. The topological polar surface area (TPSA) is 91.2 Å². The zero-order chi connectivity index (χ0) is 14.7. The van der Waals surface area contributed by atoms with Gasteiger partial charge in [-0.15, -0.1) is 5.10 Å². The fourth-order valence-corrected chi connectivity index (χ4v) is 2.07. The lowest BCUT2D eigenvalue weighted by Gasteiger charge is -2.12. The number of anilines is 1. The quantitative estimate of drug-likeness (QED) is 0.913. The Labute approximate surface area is 125 Å². The molecule has 1 amide bonds. The van der Waals surface area contributed by atoms with Crippen LogP contribution in [0.2, 0.25) is 5.02 Å². The van der Waals surface area contributed by atoms with Gasteiger partial charge in [-0.3, -0.25) is 4.79 Å². The first-order valence-corrected chi connectivity index (χ1v) is 6.70. The molecule has 0 aliphatic carbocycles. The highest BCUT2D eigenvalue weighted by Gasteiger charge is 2.15. The zero-order valence-corrected chi connectivity index (χ0v) is 11.7. The summed E-state index contributed by atoms with van der Waals surface area (Å²) in [5.41, 5.74) is 0.457. The van der Waals surface area contributed by atoms with Crippen LogP contribution in [0, 0.1) is 0 Å². The van der Waals surface area contributed by atoms with Gasteiger partial charge in [-0.2, -0.15) is 0 Å². The minimum Gasteiger partial charge on any atom is -0.490 e. The van der Waals surface area contributed by atoms with Crippen LogP contribution in [0.15, 0.2) is 18.5 Å². The molecule has 1 aliphatic rings. The standard InChI is InChI=1S/C12H12ClN5O3/c13-8-4-10-11(21-3-1-2-20-10)5-9(8)15-12(19)6-18-7-14-16-17-18/h4-5,7H,1-3,6H2,(H,15,19). The van der Waals surface area contributed by atoms with E-state index in [9.17, 15) is 4.79 Å². The number of nitrogens with one attached hydrogen (secondary N) is 1. The van der Waals surface area contributed by atoms with Crippen LogP contribution in [0.5, 0.6) is 11.5 Å². The van der Waals surface area contributed by atoms with Crippen LogP contribution in [-0.4, -0.2) is 39.3 Å². The monoisotopic (exact) mass is 309 g/mol. The zero-order valence-electron chi connectivity index (χ0n) is 11.0. The van der Waals surface area contributed by atoms with E-state index in [1.165, 1.54) is 11.0 Å². The summed E-state index contributed by atoms with van der Waals surface area (Å²) in [6, 6.07) is 3.29. The summed E-state index contributed by atoms with van der Waals surface area (Å²) in [5, 5.41) is 13.6. The number of halogens is 1. The van der Waals surface area contributed by atoms with Gasteiger partial charge in [-0.1, -0.05) is 11.6 Å². The Hall–Kier alpha value is -2.35. The maximum absolute atomic E-state index is 11.9.